The molecule has 2 aromatic carbocycles. The van der Waals surface area contributed by atoms with Gasteiger partial charge in [0, 0.05) is 29.5 Å². The Morgan fingerprint density at radius 1 is 1.00 bits per heavy atom. The number of piperidine rings is 2. The van der Waals surface area contributed by atoms with Gasteiger partial charge in [-0.25, -0.2) is 0 Å². The molecule has 2 fully saturated rings. The lowest BCUT2D eigenvalue weighted by Gasteiger charge is -2.41. The van der Waals surface area contributed by atoms with Crippen LogP contribution in [-0.2, 0) is 0 Å². The molecule has 5 rings (SSSR count). The van der Waals surface area contributed by atoms with Gasteiger partial charge in [-0.1, -0.05) is 24.6 Å². The van der Waals surface area contributed by atoms with E-state index < -0.39 is 0 Å². The van der Waals surface area contributed by atoms with E-state index in [-0.39, 0.29) is 11.4 Å². The molecule has 7 heteroatoms. The number of benzene rings is 2. The minimum Gasteiger partial charge on any atom is -0.412 e. The third-order valence-corrected chi connectivity index (χ3v) is 7.85. The summed E-state index contributed by atoms with van der Waals surface area (Å²) < 4.78 is 1.10. The first-order chi connectivity index (χ1) is 15.7. The SMILES string of the molecule is N#Cc1cc(NC(=O)c2cc3ccccc3s2)ccc1N1CCC(N2CCCCC2)CC1.O. The lowest BCUT2D eigenvalue weighted by atomic mass is 9.99. The summed E-state index contributed by atoms with van der Waals surface area (Å²) in [5.41, 5.74) is 2.26. The van der Waals surface area contributed by atoms with Crippen molar-refractivity contribution in [2.24, 2.45) is 0 Å². The predicted molar refractivity (Wildman–Crippen MR) is 135 cm³/mol. The monoisotopic (exact) mass is 462 g/mol. The summed E-state index contributed by atoms with van der Waals surface area (Å²) in [6.07, 6.45) is 6.32. The number of carbonyl (C=O) groups excluding carboxylic acids is 1. The summed E-state index contributed by atoms with van der Waals surface area (Å²) in [7, 11) is 0. The normalized spacial score (nSPS) is 17.4. The average molecular weight is 463 g/mol. The highest BCUT2D eigenvalue weighted by molar-refractivity contribution is 7.20. The Morgan fingerprint density at radius 2 is 1.76 bits per heavy atom. The maximum atomic E-state index is 12.8. The average Bonchev–Trinajstić information content (AvgIpc) is 3.29. The van der Waals surface area contributed by atoms with Crippen molar-refractivity contribution < 1.29 is 10.3 Å². The Bertz CT molecular complexity index is 1120. The number of nitriles is 1. The Hall–Kier alpha value is -2.92. The Balaban J connectivity index is 0.00000259. The van der Waals surface area contributed by atoms with Gasteiger partial charge in [-0.15, -0.1) is 11.3 Å². The van der Waals surface area contributed by atoms with Crippen LogP contribution in [0.15, 0.2) is 48.5 Å². The van der Waals surface area contributed by atoms with Gasteiger partial charge >= 0.3 is 0 Å². The molecule has 2 aliphatic heterocycles. The molecule has 3 aromatic rings. The van der Waals surface area contributed by atoms with Crippen molar-refractivity contribution in [3.63, 3.8) is 0 Å². The lowest BCUT2D eigenvalue weighted by Crippen LogP contribution is -2.46. The second-order valence-electron chi connectivity index (χ2n) is 8.76. The molecule has 0 saturated carbocycles. The van der Waals surface area contributed by atoms with Crippen molar-refractivity contribution in [2.75, 3.05) is 36.4 Å². The van der Waals surface area contributed by atoms with E-state index in [4.69, 9.17) is 0 Å². The van der Waals surface area contributed by atoms with Crippen LogP contribution in [0.1, 0.15) is 47.3 Å². The molecule has 3 heterocycles. The zero-order chi connectivity index (χ0) is 21.9. The van der Waals surface area contributed by atoms with Crippen molar-refractivity contribution in [2.45, 2.75) is 38.1 Å². The minimum atomic E-state index is -0.134. The fraction of sp³-hybridized carbons (Fsp3) is 0.385. The summed E-state index contributed by atoms with van der Waals surface area (Å²) in [5.74, 6) is -0.134. The van der Waals surface area contributed by atoms with Crippen LogP contribution in [0.5, 0.6) is 0 Å². The highest BCUT2D eigenvalue weighted by Gasteiger charge is 2.26. The second kappa shape index (κ2) is 10.3. The van der Waals surface area contributed by atoms with Crippen molar-refractivity contribution >= 4 is 38.7 Å². The van der Waals surface area contributed by atoms with Crippen LogP contribution in [0, 0.1) is 11.3 Å². The van der Waals surface area contributed by atoms with E-state index in [1.165, 1.54) is 43.7 Å². The molecule has 33 heavy (non-hydrogen) atoms. The van der Waals surface area contributed by atoms with Crippen LogP contribution in [0.25, 0.3) is 10.1 Å². The number of nitrogens with one attached hydrogen (secondary N) is 1. The third kappa shape index (κ3) is 5.03. The first-order valence-corrected chi connectivity index (χ1v) is 12.4. The highest BCUT2D eigenvalue weighted by Crippen LogP contribution is 2.30. The molecular weight excluding hydrogens is 432 g/mol. The Labute approximate surface area is 198 Å². The fourth-order valence-electron chi connectivity index (χ4n) is 5.02. The van der Waals surface area contributed by atoms with Gasteiger partial charge in [0.15, 0.2) is 0 Å². The molecule has 0 spiro atoms. The summed E-state index contributed by atoms with van der Waals surface area (Å²) in [4.78, 5) is 18.4. The highest BCUT2D eigenvalue weighted by atomic mass is 32.1. The molecule has 3 N–H and O–H groups in total. The zero-order valence-electron chi connectivity index (χ0n) is 18.7. The van der Waals surface area contributed by atoms with Gasteiger partial charge in [0.1, 0.15) is 6.07 Å². The molecule has 0 bridgehead atoms. The molecule has 1 aromatic heterocycles. The smallest absolute Gasteiger partial charge is 0.265 e. The number of hydrogen-bond donors (Lipinski definition) is 1. The maximum Gasteiger partial charge on any atom is 0.265 e. The predicted octanol–water partition coefficient (Wildman–Crippen LogP) is 4.66. The largest absolute Gasteiger partial charge is 0.412 e. The van der Waals surface area contributed by atoms with Crippen LogP contribution in [0.3, 0.4) is 0 Å². The number of nitrogens with zero attached hydrogens (tertiary/aromatic N) is 3. The van der Waals surface area contributed by atoms with E-state index >= 15 is 0 Å². The number of anilines is 2. The first kappa shape index (κ1) is 23.2. The first-order valence-electron chi connectivity index (χ1n) is 11.5. The number of amides is 1. The van der Waals surface area contributed by atoms with Crippen molar-refractivity contribution in [3.8, 4) is 6.07 Å². The molecule has 0 radical (unpaired) electrons. The van der Waals surface area contributed by atoms with Gasteiger partial charge < -0.3 is 20.6 Å². The molecule has 172 valence electrons. The van der Waals surface area contributed by atoms with Gasteiger partial charge in [0.25, 0.3) is 5.91 Å². The quantitative estimate of drug-likeness (QED) is 0.611. The minimum absolute atomic E-state index is 0. The summed E-state index contributed by atoms with van der Waals surface area (Å²) in [5, 5.41) is 13.8. The van der Waals surface area contributed by atoms with Crippen LogP contribution in [-0.4, -0.2) is 48.5 Å². The third-order valence-electron chi connectivity index (χ3n) is 6.74. The number of hydrogen-bond acceptors (Lipinski definition) is 5. The standard InChI is InChI=1S/C26H28N4OS.H2O/c27-18-20-16-21(28-26(31)25-17-19-6-2-3-7-24(19)32-25)8-9-23(20)30-14-10-22(11-15-30)29-12-4-1-5-13-29;/h2-3,6-9,16-17,22H,1,4-5,10-15H2,(H,28,31);1H2. The molecule has 0 atom stereocenters. The van der Waals surface area contributed by atoms with E-state index in [0.29, 0.717) is 22.2 Å². The molecule has 1 amide bonds. The lowest BCUT2D eigenvalue weighted by molar-refractivity contribution is 0.103. The number of carbonyl (C=O) groups is 1. The summed E-state index contributed by atoms with van der Waals surface area (Å²) in [6, 6.07) is 18.6. The summed E-state index contributed by atoms with van der Waals surface area (Å²) in [6.45, 7) is 4.43. The molecule has 0 aliphatic carbocycles. The fourth-order valence-corrected chi connectivity index (χ4v) is 5.98. The Kier molecular flexibility index (Phi) is 7.29. The van der Waals surface area contributed by atoms with E-state index in [1.807, 2.05) is 42.5 Å². The van der Waals surface area contributed by atoms with Crippen LogP contribution >= 0.6 is 11.3 Å². The maximum absolute atomic E-state index is 12.8. The topological polar surface area (TPSA) is 90.9 Å². The van der Waals surface area contributed by atoms with Crippen LogP contribution < -0.4 is 10.2 Å². The molecule has 0 unspecified atom stereocenters. The summed E-state index contributed by atoms with van der Waals surface area (Å²) >= 11 is 1.48. The van der Waals surface area contributed by atoms with Gasteiger partial charge in [0.2, 0.25) is 0 Å². The molecule has 2 saturated heterocycles. The van der Waals surface area contributed by atoms with Gasteiger partial charge in [-0.05, 0) is 74.5 Å². The Morgan fingerprint density at radius 3 is 2.48 bits per heavy atom. The van der Waals surface area contributed by atoms with E-state index in [9.17, 15) is 10.1 Å². The van der Waals surface area contributed by atoms with E-state index in [1.54, 1.807) is 6.07 Å². The van der Waals surface area contributed by atoms with Crippen molar-refractivity contribution in [1.29, 1.82) is 5.26 Å². The second-order valence-corrected chi connectivity index (χ2v) is 9.84. The van der Waals surface area contributed by atoms with Gasteiger partial charge in [0.05, 0.1) is 16.1 Å². The van der Waals surface area contributed by atoms with Crippen molar-refractivity contribution in [3.05, 3.63) is 59.0 Å². The van der Waals surface area contributed by atoms with Crippen LogP contribution in [0.2, 0.25) is 0 Å². The number of fused-ring (bicyclic) bond motifs is 1. The van der Waals surface area contributed by atoms with E-state index in [0.717, 1.165) is 41.7 Å². The van der Waals surface area contributed by atoms with E-state index in [2.05, 4.69) is 21.2 Å². The number of thiophene rings is 1. The van der Waals surface area contributed by atoms with Crippen LogP contribution in [0.4, 0.5) is 11.4 Å². The van der Waals surface area contributed by atoms with Gasteiger partial charge in [-0.3, -0.25) is 4.79 Å². The molecule has 2 aliphatic rings. The number of likely N-dealkylation sites (tertiary alicyclic amines) is 1. The molecular formula is C26H30N4O2S. The molecule has 6 nitrogen and oxygen atoms in total. The zero-order valence-corrected chi connectivity index (χ0v) is 19.5. The number of rotatable bonds is 4. The van der Waals surface area contributed by atoms with Crippen molar-refractivity contribution in [1.82, 2.24) is 4.90 Å². The van der Waals surface area contributed by atoms with Gasteiger partial charge in [-0.2, -0.15) is 5.26 Å².